The number of thiazole rings is 1. The van der Waals surface area contributed by atoms with Crippen LogP contribution < -0.4 is 16.4 Å². The smallest absolute Gasteiger partial charge is 0.345 e. The number of hydrogen-bond donors (Lipinski definition) is 3. The van der Waals surface area contributed by atoms with Gasteiger partial charge in [-0.2, -0.15) is 0 Å². The molecule has 1 heterocycles. The number of hydrogen-bond acceptors (Lipinski definition) is 9. The van der Waals surface area contributed by atoms with Crippen molar-refractivity contribution in [2.75, 3.05) is 37.0 Å². The number of nitro groups is 1. The first-order valence-corrected chi connectivity index (χ1v) is 9.44. The SMILES string of the molecule is CC(OCCOCCN)C(=O)Nc1cccc(C(=O)Nc2ncc([N+](=O)[O-])s2)c1. The topological polar surface area (TPSA) is 159 Å². The third-order valence-corrected chi connectivity index (χ3v) is 4.38. The molecule has 0 aliphatic carbocycles. The third kappa shape index (κ3) is 7.19. The summed E-state index contributed by atoms with van der Waals surface area (Å²) >= 11 is 0.750. The van der Waals surface area contributed by atoms with Crippen molar-refractivity contribution >= 4 is 39.0 Å². The van der Waals surface area contributed by atoms with Crippen molar-refractivity contribution in [2.24, 2.45) is 5.73 Å². The zero-order valence-electron chi connectivity index (χ0n) is 15.6. The second-order valence-electron chi connectivity index (χ2n) is 5.70. The molecule has 0 fully saturated rings. The minimum Gasteiger partial charge on any atom is -0.378 e. The lowest BCUT2D eigenvalue weighted by Gasteiger charge is -2.14. The molecule has 4 N–H and O–H groups in total. The van der Waals surface area contributed by atoms with Gasteiger partial charge in [0.15, 0.2) is 5.13 Å². The number of ether oxygens (including phenoxy) is 2. The van der Waals surface area contributed by atoms with Crippen molar-refractivity contribution in [3.8, 4) is 0 Å². The quantitative estimate of drug-likeness (QED) is 0.279. The Morgan fingerprint density at radius 3 is 2.79 bits per heavy atom. The molecular weight excluding hydrogens is 402 g/mol. The van der Waals surface area contributed by atoms with E-state index in [-0.39, 0.29) is 28.2 Å². The zero-order chi connectivity index (χ0) is 21.2. The Hall–Kier alpha value is -2.93. The van der Waals surface area contributed by atoms with Crippen LogP contribution in [0.4, 0.5) is 15.8 Å². The van der Waals surface area contributed by atoms with Crippen molar-refractivity contribution in [3.05, 3.63) is 46.1 Å². The van der Waals surface area contributed by atoms with Crippen LogP contribution in [0.5, 0.6) is 0 Å². The van der Waals surface area contributed by atoms with E-state index in [0.29, 0.717) is 25.4 Å². The number of aromatic nitrogens is 1. The molecule has 0 aliphatic rings. The highest BCUT2D eigenvalue weighted by molar-refractivity contribution is 7.18. The molecule has 2 rings (SSSR count). The van der Waals surface area contributed by atoms with Crippen molar-refractivity contribution < 1.29 is 24.0 Å². The second kappa shape index (κ2) is 11.2. The summed E-state index contributed by atoms with van der Waals surface area (Å²) in [7, 11) is 0. The number of amides is 2. The summed E-state index contributed by atoms with van der Waals surface area (Å²) in [6.45, 7) is 3.02. The van der Waals surface area contributed by atoms with Gasteiger partial charge in [-0.3, -0.25) is 25.0 Å². The van der Waals surface area contributed by atoms with Gasteiger partial charge in [-0.15, -0.1) is 0 Å². The summed E-state index contributed by atoms with van der Waals surface area (Å²) in [5, 5.41) is 15.8. The number of anilines is 2. The standard InChI is InChI=1S/C17H21N5O6S/c1-11(28-8-7-27-6-5-18)15(23)20-13-4-2-3-12(9-13)16(24)21-17-19-10-14(29-17)22(25)26/h2-4,9-11H,5-8,18H2,1H3,(H,20,23)(H,19,21,24). The third-order valence-electron chi connectivity index (χ3n) is 3.51. The first kappa shape index (κ1) is 22.4. The van der Waals surface area contributed by atoms with E-state index >= 15 is 0 Å². The van der Waals surface area contributed by atoms with E-state index in [4.69, 9.17) is 15.2 Å². The van der Waals surface area contributed by atoms with Crippen LogP contribution in [0, 0.1) is 10.1 Å². The van der Waals surface area contributed by atoms with E-state index in [2.05, 4.69) is 15.6 Å². The summed E-state index contributed by atoms with van der Waals surface area (Å²) in [6.07, 6.45) is 0.351. The monoisotopic (exact) mass is 423 g/mol. The van der Waals surface area contributed by atoms with Crippen LogP contribution in [-0.4, -0.2) is 54.2 Å². The van der Waals surface area contributed by atoms with Gasteiger partial charge < -0.3 is 20.5 Å². The number of benzene rings is 1. The van der Waals surface area contributed by atoms with Gasteiger partial charge in [0.2, 0.25) is 0 Å². The largest absolute Gasteiger partial charge is 0.378 e. The molecule has 156 valence electrons. The number of nitrogens with two attached hydrogens (primary N) is 1. The van der Waals surface area contributed by atoms with Gasteiger partial charge >= 0.3 is 5.00 Å². The highest BCUT2D eigenvalue weighted by Crippen LogP contribution is 2.25. The summed E-state index contributed by atoms with van der Waals surface area (Å²) in [5.74, 6) is -0.886. The average Bonchev–Trinajstić information content (AvgIpc) is 3.16. The van der Waals surface area contributed by atoms with Crippen LogP contribution in [0.15, 0.2) is 30.5 Å². The van der Waals surface area contributed by atoms with E-state index < -0.39 is 16.9 Å². The fourth-order valence-electron chi connectivity index (χ4n) is 2.10. The van der Waals surface area contributed by atoms with Crippen molar-refractivity contribution in [2.45, 2.75) is 13.0 Å². The summed E-state index contributed by atoms with van der Waals surface area (Å²) in [6, 6.07) is 6.25. The normalized spacial score (nSPS) is 11.7. The molecule has 0 spiro atoms. The van der Waals surface area contributed by atoms with E-state index in [9.17, 15) is 19.7 Å². The van der Waals surface area contributed by atoms with Gasteiger partial charge in [0, 0.05) is 17.8 Å². The molecule has 11 nitrogen and oxygen atoms in total. The van der Waals surface area contributed by atoms with Crippen LogP contribution in [0.1, 0.15) is 17.3 Å². The van der Waals surface area contributed by atoms with Gasteiger partial charge in [-0.25, -0.2) is 4.98 Å². The van der Waals surface area contributed by atoms with Crippen LogP contribution in [-0.2, 0) is 14.3 Å². The molecular formula is C17H21N5O6S. The first-order valence-electron chi connectivity index (χ1n) is 8.62. The lowest BCUT2D eigenvalue weighted by molar-refractivity contribution is -0.380. The maximum absolute atomic E-state index is 12.3. The second-order valence-corrected chi connectivity index (χ2v) is 6.71. The molecule has 29 heavy (non-hydrogen) atoms. The minimum atomic E-state index is -0.718. The van der Waals surface area contributed by atoms with Crippen molar-refractivity contribution in [1.29, 1.82) is 0 Å². The molecule has 0 aliphatic heterocycles. The molecule has 2 amide bonds. The number of carbonyl (C=O) groups is 2. The van der Waals surface area contributed by atoms with Gasteiger partial charge in [-0.1, -0.05) is 6.07 Å². The Bertz CT molecular complexity index is 858. The molecule has 0 saturated carbocycles. The van der Waals surface area contributed by atoms with Crippen LogP contribution in [0.3, 0.4) is 0 Å². The number of nitrogens with zero attached hydrogens (tertiary/aromatic N) is 2. The summed E-state index contributed by atoms with van der Waals surface area (Å²) in [4.78, 5) is 38.4. The van der Waals surface area contributed by atoms with E-state index in [1.807, 2.05) is 0 Å². The Kier molecular flexibility index (Phi) is 8.61. The van der Waals surface area contributed by atoms with Gasteiger partial charge in [0.25, 0.3) is 11.8 Å². The molecule has 12 heteroatoms. The fourth-order valence-corrected chi connectivity index (χ4v) is 2.73. The first-order chi connectivity index (χ1) is 13.9. The van der Waals surface area contributed by atoms with Crippen LogP contribution in [0.2, 0.25) is 0 Å². The fraction of sp³-hybridized carbons (Fsp3) is 0.353. The summed E-state index contributed by atoms with van der Waals surface area (Å²) in [5.41, 5.74) is 5.97. The predicted octanol–water partition coefficient (Wildman–Crippen LogP) is 1.62. The molecule has 0 radical (unpaired) electrons. The van der Waals surface area contributed by atoms with E-state index in [0.717, 1.165) is 17.5 Å². The molecule has 1 aromatic heterocycles. The molecule has 0 bridgehead atoms. The van der Waals surface area contributed by atoms with E-state index in [1.165, 1.54) is 6.07 Å². The number of nitrogens with one attached hydrogen (secondary N) is 2. The Morgan fingerprint density at radius 2 is 2.10 bits per heavy atom. The van der Waals surface area contributed by atoms with Crippen molar-refractivity contribution in [3.63, 3.8) is 0 Å². The highest BCUT2D eigenvalue weighted by atomic mass is 32.1. The van der Waals surface area contributed by atoms with Gasteiger partial charge in [0.1, 0.15) is 12.3 Å². The maximum atomic E-state index is 12.3. The van der Waals surface area contributed by atoms with Crippen molar-refractivity contribution in [1.82, 2.24) is 4.98 Å². The lowest BCUT2D eigenvalue weighted by atomic mass is 10.2. The van der Waals surface area contributed by atoms with Gasteiger partial charge in [-0.05, 0) is 36.5 Å². The minimum absolute atomic E-state index is 0.106. The highest BCUT2D eigenvalue weighted by Gasteiger charge is 2.16. The Balaban J connectivity index is 1.89. The number of carbonyl (C=O) groups excluding carboxylic acids is 2. The molecule has 0 saturated heterocycles. The number of rotatable bonds is 11. The molecule has 2 aromatic rings. The molecule has 1 aromatic carbocycles. The zero-order valence-corrected chi connectivity index (χ0v) is 16.4. The van der Waals surface area contributed by atoms with Crippen LogP contribution in [0.25, 0.3) is 0 Å². The summed E-state index contributed by atoms with van der Waals surface area (Å²) < 4.78 is 10.6. The maximum Gasteiger partial charge on any atom is 0.345 e. The molecule has 1 unspecified atom stereocenters. The van der Waals surface area contributed by atoms with Gasteiger partial charge in [0.05, 0.1) is 24.7 Å². The van der Waals surface area contributed by atoms with E-state index in [1.54, 1.807) is 25.1 Å². The van der Waals surface area contributed by atoms with Crippen LogP contribution >= 0.6 is 11.3 Å². The Labute approximate surface area is 170 Å². The lowest BCUT2D eigenvalue weighted by Crippen LogP contribution is -2.29. The average molecular weight is 423 g/mol. The predicted molar refractivity (Wildman–Crippen MR) is 107 cm³/mol. The molecule has 1 atom stereocenters. The Morgan fingerprint density at radius 1 is 1.31 bits per heavy atom.